The predicted molar refractivity (Wildman–Crippen MR) is 118 cm³/mol. The molecule has 0 saturated heterocycles. The Labute approximate surface area is 176 Å². The third-order valence-corrected chi connectivity index (χ3v) is 6.41. The molecule has 0 bridgehead atoms. The van der Waals surface area contributed by atoms with Gasteiger partial charge >= 0.3 is 0 Å². The maximum absolute atomic E-state index is 7.66. The Balaban J connectivity index is 1.61. The molecule has 4 aromatic rings. The van der Waals surface area contributed by atoms with Gasteiger partial charge in [0.2, 0.25) is 11.4 Å². The second-order valence-electron chi connectivity index (χ2n) is 8.52. The van der Waals surface area contributed by atoms with E-state index in [1.807, 2.05) is 12.1 Å². The largest absolute Gasteiger partial charge is 0.438 e. The van der Waals surface area contributed by atoms with E-state index in [1.165, 1.54) is 37.7 Å². The minimum absolute atomic E-state index is 0.0555. The maximum atomic E-state index is 7.66. The lowest BCUT2D eigenvalue weighted by molar-refractivity contribution is -0.660. The molecule has 0 amide bonds. The highest BCUT2D eigenvalue weighted by Crippen LogP contribution is 2.37. The van der Waals surface area contributed by atoms with Crippen LogP contribution >= 0.6 is 0 Å². The molecule has 0 radical (unpaired) electrons. The van der Waals surface area contributed by atoms with Crippen molar-refractivity contribution in [1.29, 1.82) is 0 Å². The normalized spacial score (nSPS) is 17.4. The van der Waals surface area contributed by atoms with Gasteiger partial charge in [-0.25, -0.2) is 9.55 Å². The first kappa shape index (κ1) is 15.2. The standard InChI is InChI=1S/C26H29N2O/c1-17-9-14-23-25(21-12-10-18(2)27-26(21)29-23)24(17)22-13-11-20(16-28(22)3)15-19-7-5-4-6-8-19/h9-14,16,19H,4-8,15H2,1-3H3/q+1/i2D3. The van der Waals surface area contributed by atoms with Gasteiger partial charge in [0.15, 0.2) is 6.20 Å². The van der Waals surface area contributed by atoms with Crippen LogP contribution in [0.15, 0.2) is 47.0 Å². The predicted octanol–water partition coefficient (Wildman–Crippen LogP) is 6.21. The van der Waals surface area contributed by atoms with E-state index in [9.17, 15) is 0 Å². The van der Waals surface area contributed by atoms with Gasteiger partial charge < -0.3 is 4.42 Å². The van der Waals surface area contributed by atoms with Gasteiger partial charge in [-0.3, -0.25) is 0 Å². The van der Waals surface area contributed by atoms with Crippen LogP contribution in [-0.2, 0) is 13.5 Å². The quantitative estimate of drug-likeness (QED) is 0.390. The Bertz CT molecular complexity index is 1300. The van der Waals surface area contributed by atoms with Crippen molar-refractivity contribution in [2.45, 2.75) is 52.3 Å². The average molecular weight is 389 g/mol. The van der Waals surface area contributed by atoms with Gasteiger partial charge in [0.05, 0.1) is 5.56 Å². The highest BCUT2D eigenvalue weighted by Gasteiger charge is 2.22. The number of furan rings is 1. The molecule has 1 aliphatic carbocycles. The zero-order valence-corrected chi connectivity index (χ0v) is 17.2. The van der Waals surface area contributed by atoms with E-state index >= 15 is 0 Å². The van der Waals surface area contributed by atoms with Crippen molar-refractivity contribution >= 4 is 22.1 Å². The number of hydrogen-bond donors (Lipinski definition) is 0. The summed E-state index contributed by atoms with van der Waals surface area (Å²) in [6, 6.07) is 11.9. The lowest BCUT2D eigenvalue weighted by atomic mass is 9.85. The van der Waals surface area contributed by atoms with E-state index < -0.39 is 6.85 Å². The maximum Gasteiger partial charge on any atom is 0.227 e. The highest BCUT2D eigenvalue weighted by molar-refractivity contribution is 6.11. The molecule has 148 valence electrons. The summed E-state index contributed by atoms with van der Waals surface area (Å²) in [5.74, 6) is 0.802. The first-order valence-electron chi connectivity index (χ1n) is 12.1. The van der Waals surface area contributed by atoms with Crippen molar-refractivity contribution in [2.24, 2.45) is 13.0 Å². The van der Waals surface area contributed by atoms with Crippen LogP contribution < -0.4 is 4.57 Å². The van der Waals surface area contributed by atoms with Gasteiger partial charge in [-0.05, 0) is 55.9 Å². The first-order chi connectivity index (χ1) is 15.3. The number of nitrogens with zero attached hydrogens (tertiary/aromatic N) is 2. The monoisotopic (exact) mass is 388 g/mol. The summed E-state index contributed by atoms with van der Waals surface area (Å²) in [5.41, 5.74) is 5.91. The summed E-state index contributed by atoms with van der Waals surface area (Å²) in [6.07, 6.45) is 10.2. The molecule has 0 atom stereocenters. The van der Waals surface area contributed by atoms with Crippen molar-refractivity contribution in [2.75, 3.05) is 0 Å². The molecule has 29 heavy (non-hydrogen) atoms. The summed E-state index contributed by atoms with van der Waals surface area (Å²) >= 11 is 0. The molecule has 0 aliphatic heterocycles. The Morgan fingerprint density at radius 1 is 1.10 bits per heavy atom. The van der Waals surface area contributed by atoms with Crippen LogP contribution in [0.25, 0.3) is 33.3 Å². The average Bonchev–Trinajstić information content (AvgIpc) is 3.13. The van der Waals surface area contributed by atoms with Crippen LogP contribution in [0.5, 0.6) is 0 Å². The molecule has 3 aromatic heterocycles. The Kier molecular flexibility index (Phi) is 3.82. The molecule has 0 spiro atoms. The SMILES string of the molecule is [2H]C([2H])([2H])c1ccc2c(n1)oc1ccc(C)c(-c3ccc(CC4CCCCC4)c[n+]3C)c12. The van der Waals surface area contributed by atoms with Crippen LogP contribution in [0.2, 0.25) is 0 Å². The number of hydrogen-bond acceptors (Lipinski definition) is 2. The number of rotatable bonds is 3. The van der Waals surface area contributed by atoms with Crippen LogP contribution in [0, 0.1) is 19.7 Å². The van der Waals surface area contributed by atoms with Crippen molar-refractivity contribution in [3.63, 3.8) is 0 Å². The third kappa shape index (κ3) is 3.33. The molecule has 3 nitrogen and oxygen atoms in total. The summed E-state index contributed by atoms with van der Waals surface area (Å²) < 4.78 is 31.2. The van der Waals surface area contributed by atoms with E-state index in [1.54, 1.807) is 6.07 Å². The number of aryl methyl sites for hydroxylation is 3. The Hall–Kier alpha value is -2.68. The smallest absolute Gasteiger partial charge is 0.227 e. The number of fused-ring (bicyclic) bond motifs is 3. The molecule has 1 saturated carbocycles. The molecule has 5 rings (SSSR count). The van der Waals surface area contributed by atoms with Crippen molar-refractivity contribution in [3.05, 3.63) is 59.4 Å². The van der Waals surface area contributed by atoms with Gasteiger partial charge in [-0.15, -0.1) is 0 Å². The molecular weight excluding hydrogens is 356 g/mol. The van der Waals surface area contributed by atoms with Gasteiger partial charge in [0.1, 0.15) is 12.6 Å². The van der Waals surface area contributed by atoms with Gasteiger partial charge in [0, 0.05) is 32.2 Å². The second-order valence-corrected chi connectivity index (χ2v) is 8.52. The Morgan fingerprint density at radius 3 is 2.76 bits per heavy atom. The lowest BCUT2D eigenvalue weighted by Gasteiger charge is -2.21. The minimum atomic E-state index is -2.26. The van der Waals surface area contributed by atoms with E-state index in [4.69, 9.17) is 8.53 Å². The topological polar surface area (TPSA) is 29.9 Å². The fraction of sp³-hybridized carbons (Fsp3) is 0.385. The summed E-state index contributed by atoms with van der Waals surface area (Å²) in [6.45, 7) is -0.152. The van der Waals surface area contributed by atoms with Crippen molar-refractivity contribution < 1.29 is 13.1 Å². The second kappa shape index (κ2) is 7.29. The van der Waals surface area contributed by atoms with E-state index in [0.29, 0.717) is 5.71 Å². The van der Waals surface area contributed by atoms with Crippen LogP contribution in [0.3, 0.4) is 0 Å². The van der Waals surface area contributed by atoms with E-state index in [0.717, 1.165) is 45.5 Å². The molecule has 1 aromatic carbocycles. The molecule has 3 heteroatoms. The molecule has 1 aliphatic rings. The van der Waals surface area contributed by atoms with Gasteiger partial charge in [-0.1, -0.05) is 38.2 Å². The third-order valence-electron chi connectivity index (χ3n) is 6.41. The van der Waals surface area contributed by atoms with E-state index in [-0.39, 0.29) is 5.69 Å². The fourth-order valence-electron chi connectivity index (χ4n) is 4.95. The molecule has 3 heterocycles. The lowest BCUT2D eigenvalue weighted by Crippen LogP contribution is -2.31. The van der Waals surface area contributed by atoms with E-state index in [2.05, 4.69) is 47.9 Å². The summed E-state index contributed by atoms with van der Waals surface area (Å²) in [7, 11) is 2.10. The Morgan fingerprint density at radius 2 is 1.97 bits per heavy atom. The van der Waals surface area contributed by atoms with Crippen LogP contribution in [-0.4, -0.2) is 4.98 Å². The van der Waals surface area contributed by atoms with Gasteiger partial charge in [0.25, 0.3) is 0 Å². The number of benzene rings is 1. The fourth-order valence-corrected chi connectivity index (χ4v) is 4.95. The number of aromatic nitrogens is 2. The van der Waals surface area contributed by atoms with Crippen molar-refractivity contribution in [1.82, 2.24) is 4.98 Å². The molecular formula is C26H29N2O+. The zero-order chi connectivity index (χ0) is 22.5. The minimum Gasteiger partial charge on any atom is -0.438 e. The summed E-state index contributed by atoms with van der Waals surface area (Å²) in [5, 5.41) is 1.83. The van der Waals surface area contributed by atoms with Crippen LogP contribution in [0.4, 0.5) is 0 Å². The highest BCUT2D eigenvalue weighted by atomic mass is 16.3. The van der Waals surface area contributed by atoms with Crippen molar-refractivity contribution in [3.8, 4) is 11.3 Å². The molecule has 0 unspecified atom stereocenters. The van der Waals surface area contributed by atoms with Gasteiger partial charge in [-0.2, -0.15) is 0 Å². The zero-order valence-electron chi connectivity index (χ0n) is 20.2. The molecule has 1 fully saturated rings. The first-order valence-corrected chi connectivity index (χ1v) is 10.6. The summed E-state index contributed by atoms with van der Waals surface area (Å²) in [4.78, 5) is 4.31. The molecule has 0 N–H and O–H groups in total. The number of pyridine rings is 2. The van der Waals surface area contributed by atoms with Crippen LogP contribution in [0.1, 0.15) is 53.0 Å².